The van der Waals surface area contributed by atoms with Gasteiger partial charge in [-0.05, 0) is 54.6 Å². The van der Waals surface area contributed by atoms with Gasteiger partial charge in [-0.2, -0.15) is 0 Å². The number of thiophene rings is 1. The second kappa shape index (κ2) is 6.17. The molecule has 0 radical (unpaired) electrons. The largest absolute Gasteiger partial charge is 0.483 e. The van der Waals surface area contributed by atoms with E-state index in [4.69, 9.17) is 10.5 Å². The van der Waals surface area contributed by atoms with Gasteiger partial charge in [0.25, 0.3) is 0 Å². The van der Waals surface area contributed by atoms with Crippen molar-refractivity contribution < 1.29 is 9.13 Å². The van der Waals surface area contributed by atoms with E-state index in [0.29, 0.717) is 5.75 Å². The molecule has 1 heterocycles. The molecule has 0 spiro atoms. The van der Waals surface area contributed by atoms with Crippen LogP contribution in [0.4, 0.5) is 4.39 Å². The Balaban J connectivity index is 2.24. The average Bonchev–Trinajstić information content (AvgIpc) is 2.83. The van der Waals surface area contributed by atoms with Crippen LogP contribution >= 0.6 is 11.3 Å². The summed E-state index contributed by atoms with van der Waals surface area (Å²) >= 11 is 1.64. The van der Waals surface area contributed by atoms with Crippen LogP contribution in [0.15, 0.2) is 35.7 Å². The predicted octanol–water partition coefficient (Wildman–Crippen LogP) is 4.05. The van der Waals surface area contributed by atoms with Crippen molar-refractivity contribution in [3.05, 3.63) is 52.0 Å². The predicted molar refractivity (Wildman–Crippen MR) is 77.1 cm³/mol. The maximum absolute atomic E-state index is 12.9. The van der Waals surface area contributed by atoms with E-state index in [0.717, 1.165) is 11.3 Å². The SMILES string of the molecule is CCC(N)C(Oc1ccc(F)cc1)c1sccc1C. The Labute approximate surface area is 117 Å². The molecular weight excluding hydrogens is 261 g/mol. The van der Waals surface area contributed by atoms with Gasteiger partial charge < -0.3 is 10.5 Å². The molecule has 4 heteroatoms. The van der Waals surface area contributed by atoms with Crippen molar-refractivity contribution in [3.63, 3.8) is 0 Å². The summed E-state index contributed by atoms with van der Waals surface area (Å²) in [5, 5.41) is 2.04. The minimum absolute atomic E-state index is 0.0811. The van der Waals surface area contributed by atoms with E-state index in [2.05, 4.69) is 13.0 Å². The Kier molecular flexibility index (Phi) is 4.56. The summed E-state index contributed by atoms with van der Waals surface area (Å²) in [6.45, 7) is 4.09. The van der Waals surface area contributed by atoms with E-state index in [9.17, 15) is 4.39 Å². The van der Waals surface area contributed by atoms with Gasteiger partial charge in [-0.3, -0.25) is 0 Å². The second-order valence-electron chi connectivity index (χ2n) is 4.53. The summed E-state index contributed by atoms with van der Waals surface area (Å²) in [5.41, 5.74) is 7.34. The van der Waals surface area contributed by atoms with Crippen molar-refractivity contribution in [1.29, 1.82) is 0 Å². The van der Waals surface area contributed by atoms with E-state index >= 15 is 0 Å². The molecule has 2 aromatic rings. The van der Waals surface area contributed by atoms with Gasteiger partial charge in [0.2, 0.25) is 0 Å². The lowest BCUT2D eigenvalue weighted by Gasteiger charge is -2.24. The van der Waals surface area contributed by atoms with Crippen LogP contribution in [-0.2, 0) is 0 Å². The summed E-state index contributed by atoms with van der Waals surface area (Å²) in [6, 6.07) is 8.03. The third kappa shape index (κ3) is 3.33. The smallest absolute Gasteiger partial charge is 0.148 e. The topological polar surface area (TPSA) is 35.2 Å². The molecule has 0 saturated carbocycles. The van der Waals surface area contributed by atoms with Crippen LogP contribution in [0, 0.1) is 12.7 Å². The Hall–Kier alpha value is -1.39. The molecule has 2 N–H and O–H groups in total. The van der Waals surface area contributed by atoms with Crippen molar-refractivity contribution in [1.82, 2.24) is 0 Å². The monoisotopic (exact) mass is 279 g/mol. The lowest BCUT2D eigenvalue weighted by atomic mass is 10.1. The van der Waals surface area contributed by atoms with Gasteiger partial charge in [-0.25, -0.2) is 4.39 Å². The van der Waals surface area contributed by atoms with Crippen molar-refractivity contribution >= 4 is 11.3 Å². The molecule has 2 unspecified atom stereocenters. The zero-order chi connectivity index (χ0) is 13.8. The van der Waals surface area contributed by atoms with Crippen molar-refractivity contribution in [2.45, 2.75) is 32.4 Å². The summed E-state index contributed by atoms with van der Waals surface area (Å²) in [4.78, 5) is 1.14. The van der Waals surface area contributed by atoms with Crippen molar-refractivity contribution in [2.75, 3.05) is 0 Å². The fraction of sp³-hybridized carbons (Fsp3) is 0.333. The Morgan fingerprint density at radius 2 is 1.95 bits per heavy atom. The first-order chi connectivity index (χ1) is 9.11. The first-order valence-corrected chi connectivity index (χ1v) is 7.21. The zero-order valence-electron chi connectivity index (χ0n) is 11.1. The Bertz CT molecular complexity index is 523. The number of halogens is 1. The number of ether oxygens (including phenoxy) is 1. The fourth-order valence-electron chi connectivity index (χ4n) is 1.89. The summed E-state index contributed by atoms with van der Waals surface area (Å²) in [7, 11) is 0. The first kappa shape index (κ1) is 14.0. The van der Waals surface area contributed by atoms with Crippen molar-refractivity contribution in [2.24, 2.45) is 5.73 Å². The molecule has 1 aromatic heterocycles. The molecule has 0 fully saturated rings. The molecule has 2 nitrogen and oxygen atoms in total. The lowest BCUT2D eigenvalue weighted by Crippen LogP contribution is -2.31. The molecule has 19 heavy (non-hydrogen) atoms. The minimum Gasteiger partial charge on any atom is -0.483 e. The highest BCUT2D eigenvalue weighted by Gasteiger charge is 2.23. The van der Waals surface area contributed by atoms with Gasteiger partial charge in [0.1, 0.15) is 17.7 Å². The summed E-state index contributed by atoms with van der Waals surface area (Å²) in [6.07, 6.45) is 0.638. The molecular formula is C15H18FNOS. The number of aryl methyl sites for hydroxylation is 1. The standard InChI is InChI=1S/C15H18FNOS/c1-3-13(17)14(15-10(2)8-9-19-15)18-12-6-4-11(16)5-7-12/h4-9,13-14H,3,17H2,1-2H3. The maximum atomic E-state index is 12.9. The summed E-state index contributed by atoms with van der Waals surface area (Å²) < 4.78 is 18.9. The van der Waals surface area contributed by atoms with E-state index in [1.165, 1.54) is 17.7 Å². The molecule has 0 bridgehead atoms. The van der Waals surface area contributed by atoms with Crippen LogP contribution in [-0.4, -0.2) is 6.04 Å². The molecule has 0 aliphatic rings. The molecule has 0 aliphatic carbocycles. The summed E-state index contributed by atoms with van der Waals surface area (Å²) in [5.74, 6) is 0.374. The minimum atomic E-state index is -0.268. The Morgan fingerprint density at radius 3 is 2.47 bits per heavy atom. The normalized spacial score (nSPS) is 14.1. The lowest BCUT2D eigenvalue weighted by molar-refractivity contribution is 0.174. The number of hydrogen-bond donors (Lipinski definition) is 1. The van der Waals surface area contributed by atoms with E-state index in [1.54, 1.807) is 23.5 Å². The zero-order valence-corrected chi connectivity index (χ0v) is 11.9. The number of rotatable bonds is 5. The highest BCUT2D eigenvalue weighted by molar-refractivity contribution is 7.10. The first-order valence-electron chi connectivity index (χ1n) is 6.33. The fourth-order valence-corrected chi connectivity index (χ4v) is 2.91. The van der Waals surface area contributed by atoms with Gasteiger partial charge in [0, 0.05) is 10.9 Å². The van der Waals surface area contributed by atoms with Gasteiger partial charge in [0.15, 0.2) is 0 Å². The quantitative estimate of drug-likeness (QED) is 0.896. The number of benzene rings is 1. The Morgan fingerprint density at radius 1 is 1.26 bits per heavy atom. The van der Waals surface area contributed by atoms with Gasteiger partial charge in [0.05, 0.1) is 0 Å². The maximum Gasteiger partial charge on any atom is 0.148 e. The van der Waals surface area contributed by atoms with Gasteiger partial charge >= 0.3 is 0 Å². The van der Waals surface area contributed by atoms with E-state index in [-0.39, 0.29) is 18.0 Å². The highest BCUT2D eigenvalue weighted by Crippen LogP contribution is 2.31. The molecule has 0 amide bonds. The third-order valence-corrected chi connectivity index (χ3v) is 4.18. The van der Waals surface area contributed by atoms with Gasteiger partial charge in [-0.15, -0.1) is 11.3 Å². The van der Waals surface area contributed by atoms with Crippen LogP contribution in [0.3, 0.4) is 0 Å². The molecule has 102 valence electrons. The van der Waals surface area contributed by atoms with Gasteiger partial charge in [-0.1, -0.05) is 6.92 Å². The number of nitrogens with two attached hydrogens (primary N) is 1. The number of hydrogen-bond acceptors (Lipinski definition) is 3. The van der Waals surface area contributed by atoms with E-state index in [1.807, 2.05) is 12.3 Å². The highest BCUT2D eigenvalue weighted by atomic mass is 32.1. The van der Waals surface area contributed by atoms with Crippen molar-refractivity contribution in [3.8, 4) is 5.75 Å². The van der Waals surface area contributed by atoms with Crippen LogP contribution in [0.1, 0.15) is 29.9 Å². The second-order valence-corrected chi connectivity index (χ2v) is 5.48. The van der Waals surface area contributed by atoms with Crippen LogP contribution in [0.25, 0.3) is 0 Å². The molecule has 2 atom stereocenters. The molecule has 1 aromatic carbocycles. The third-order valence-electron chi connectivity index (χ3n) is 3.10. The van der Waals surface area contributed by atoms with Crippen LogP contribution < -0.4 is 10.5 Å². The molecule has 2 rings (SSSR count). The van der Waals surface area contributed by atoms with Crippen LogP contribution in [0.5, 0.6) is 5.75 Å². The van der Waals surface area contributed by atoms with E-state index < -0.39 is 0 Å². The average molecular weight is 279 g/mol. The molecule has 0 saturated heterocycles. The molecule has 0 aliphatic heterocycles. The van der Waals surface area contributed by atoms with Crippen LogP contribution in [0.2, 0.25) is 0 Å².